The van der Waals surface area contributed by atoms with Crippen molar-refractivity contribution in [2.45, 2.75) is 64.1 Å². The minimum absolute atomic E-state index is 0.00395. The lowest BCUT2D eigenvalue weighted by atomic mass is 9.76. The van der Waals surface area contributed by atoms with Crippen molar-refractivity contribution in [1.82, 2.24) is 15.1 Å². The standard InChI is InChI=1S/C32H32Cl2F3N3O3/c1-3-5-24(19-6-8-21(9-7-19)31(43)38-15-14-27(41)42)28(20-10-12-23(33)13-11-20)30-25-17-22(32(35,36)37)18-26(34)29(25)39-40(30)16-4-2/h6-13,17-18,24,28H,3-5,14-16H2,1-2H3,(H,38,43)(H,41,42). The Balaban J connectivity index is 1.90. The number of aromatic nitrogens is 2. The van der Waals surface area contributed by atoms with Crippen molar-refractivity contribution in [2.75, 3.05) is 6.54 Å². The molecule has 0 aliphatic carbocycles. The van der Waals surface area contributed by atoms with Crippen molar-refractivity contribution in [3.8, 4) is 0 Å². The first-order valence-electron chi connectivity index (χ1n) is 14.1. The molecule has 3 aromatic carbocycles. The molecule has 1 heterocycles. The number of alkyl halides is 3. The van der Waals surface area contributed by atoms with Crippen LogP contribution in [-0.4, -0.2) is 33.3 Å². The van der Waals surface area contributed by atoms with Crippen molar-refractivity contribution in [3.05, 3.63) is 98.7 Å². The van der Waals surface area contributed by atoms with Gasteiger partial charge in [0.05, 0.1) is 22.7 Å². The molecular weight excluding hydrogens is 602 g/mol. The highest BCUT2D eigenvalue weighted by Gasteiger charge is 2.35. The van der Waals surface area contributed by atoms with E-state index in [0.29, 0.717) is 46.6 Å². The van der Waals surface area contributed by atoms with E-state index in [4.69, 9.17) is 33.4 Å². The Hall–Kier alpha value is -3.56. The van der Waals surface area contributed by atoms with Crippen LogP contribution >= 0.6 is 23.2 Å². The molecule has 6 nitrogen and oxygen atoms in total. The number of halogens is 5. The smallest absolute Gasteiger partial charge is 0.416 e. The summed E-state index contributed by atoms with van der Waals surface area (Å²) in [5, 5.41) is 16.9. The second kappa shape index (κ2) is 13.8. The molecule has 0 spiro atoms. The fraction of sp³-hybridized carbons (Fsp3) is 0.344. The highest BCUT2D eigenvalue weighted by Crippen LogP contribution is 2.46. The predicted molar refractivity (Wildman–Crippen MR) is 162 cm³/mol. The number of nitrogens with one attached hydrogen (secondary N) is 1. The van der Waals surface area contributed by atoms with Gasteiger partial charge in [0, 0.05) is 35.0 Å². The molecule has 2 atom stereocenters. The number of benzene rings is 3. The molecule has 228 valence electrons. The first-order chi connectivity index (χ1) is 20.4. The van der Waals surface area contributed by atoms with Gasteiger partial charge in [0.25, 0.3) is 5.91 Å². The lowest BCUT2D eigenvalue weighted by molar-refractivity contribution is -0.138. The van der Waals surface area contributed by atoms with E-state index < -0.39 is 29.5 Å². The van der Waals surface area contributed by atoms with Gasteiger partial charge >= 0.3 is 12.1 Å². The Bertz CT molecular complexity index is 1590. The zero-order valence-corrected chi connectivity index (χ0v) is 25.2. The number of rotatable bonds is 12. The fourth-order valence-corrected chi connectivity index (χ4v) is 5.82. The van der Waals surface area contributed by atoms with Crippen molar-refractivity contribution >= 4 is 46.0 Å². The minimum Gasteiger partial charge on any atom is -0.481 e. The van der Waals surface area contributed by atoms with Crippen LogP contribution in [0.3, 0.4) is 0 Å². The van der Waals surface area contributed by atoms with Crippen LogP contribution in [0.1, 0.15) is 84.1 Å². The van der Waals surface area contributed by atoms with Crippen LogP contribution in [0, 0.1) is 0 Å². The molecule has 0 fully saturated rings. The summed E-state index contributed by atoms with van der Waals surface area (Å²) in [6.07, 6.45) is -2.63. The van der Waals surface area contributed by atoms with Gasteiger partial charge in [-0.1, -0.05) is 67.7 Å². The van der Waals surface area contributed by atoms with Gasteiger partial charge in [0.2, 0.25) is 0 Å². The maximum atomic E-state index is 14.0. The Kier molecular flexibility index (Phi) is 10.4. The summed E-state index contributed by atoms with van der Waals surface area (Å²) < 4.78 is 43.6. The lowest BCUT2D eigenvalue weighted by Gasteiger charge is -2.29. The Morgan fingerprint density at radius 2 is 1.63 bits per heavy atom. The van der Waals surface area contributed by atoms with E-state index in [1.165, 1.54) is 0 Å². The highest BCUT2D eigenvalue weighted by atomic mass is 35.5. The number of fused-ring (bicyclic) bond motifs is 1. The van der Waals surface area contributed by atoms with Gasteiger partial charge in [0.15, 0.2) is 0 Å². The Morgan fingerprint density at radius 1 is 0.977 bits per heavy atom. The molecule has 0 aliphatic heterocycles. The van der Waals surface area contributed by atoms with Crippen molar-refractivity contribution in [3.63, 3.8) is 0 Å². The number of nitrogens with zero attached hydrogens (tertiary/aromatic N) is 2. The molecule has 11 heteroatoms. The number of hydrogen-bond acceptors (Lipinski definition) is 3. The maximum absolute atomic E-state index is 14.0. The topological polar surface area (TPSA) is 84.2 Å². The number of carboxylic acid groups (broad SMARTS) is 1. The molecule has 1 amide bonds. The molecule has 1 aromatic heterocycles. The number of aryl methyl sites for hydroxylation is 1. The van der Waals surface area contributed by atoms with E-state index in [0.717, 1.165) is 29.7 Å². The summed E-state index contributed by atoms with van der Waals surface area (Å²) in [4.78, 5) is 23.4. The average Bonchev–Trinajstić information content (AvgIpc) is 3.31. The molecule has 0 aliphatic rings. The molecule has 0 bridgehead atoms. The number of carbonyl (C=O) groups excluding carboxylic acids is 1. The van der Waals surface area contributed by atoms with Crippen molar-refractivity contribution in [2.24, 2.45) is 0 Å². The SMILES string of the molecule is CCCC(c1ccc(C(=O)NCCC(=O)O)cc1)C(c1ccc(Cl)cc1)c1c2cc(C(F)(F)F)cc(Cl)c2nn1CCC. The van der Waals surface area contributed by atoms with Gasteiger partial charge in [-0.25, -0.2) is 0 Å². The van der Waals surface area contributed by atoms with Gasteiger partial charge in [-0.05, 0) is 66.3 Å². The molecule has 2 unspecified atom stereocenters. The van der Waals surface area contributed by atoms with Crippen LogP contribution in [0.5, 0.6) is 0 Å². The molecule has 0 saturated carbocycles. The average molecular weight is 635 g/mol. The highest BCUT2D eigenvalue weighted by molar-refractivity contribution is 6.35. The molecule has 4 rings (SSSR count). The Labute approximate surface area is 257 Å². The third-order valence-electron chi connectivity index (χ3n) is 7.35. The monoisotopic (exact) mass is 633 g/mol. The van der Waals surface area contributed by atoms with E-state index in [9.17, 15) is 22.8 Å². The number of aliphatic carboxylic acids is 1. The van der Waals surface area contributed by atoms with Crippen molar-refractivity contribution < 1.29 is 27.9 Å². The summed E-state index contributed by atoms with van der Waals surface area (Å²) in [7, 11) is 0. The normalized spacial score (nSPS) is 13.2. The lowest BCUT2D eigenvalue weighted by Crippen LogP contribution is -2.26. The number of carboxylic acids is 1. The van der Waals surface area contributed by atoms with E-state index in [1.807, 2.05) is 38.1 Å². The van der Waals surface area contributed by atoms with Gasteiger partial charge < -0.3 is 10.4 Å². The van der Waals surface area contributed by atoms with Gasteiger partial charge in [-0.2, -0.15) is 18.3 Å². The predicted octanol–water partition coefficient (Wildman–Crippen LogP) is 8.69. The van der Waals surface area contributed by atoms with E-state index in [-0.39, 0.29) is 23.9 Å². The first kappa shape index (κ1) is 32.4. The first-order valence-corrected chi connectivity index (χ1v) is 14.8. The fourth-order valence-electron chi connectivity index (χ4n) is 5.44. The van der Waals surface area contributed by atoms with E-state index in [1.54, 1.807) is 28.9 Å². The number of hydrogen-bond donors (Lipinski definition) is 2. The van der Waals surface area contributed by atoms with E-state index >= 15 is 0 Å². The molecule has 43 heavy (non-hydrogen) atoms. The van der Waals surface area contributed by atoms with Gasteiger partial charge in [0.1, 0.15) is 5.52 Å². The van der Waals surface area contributed by atoms with Crippen LogP contribution in [-0.2, 0) is 17.5 Å². The number of amides is 1. The van der Waals surface area contributed by atoms with E-state index in [2.05, 4.69) is 5.32 Å². The molecular formula is C32H32Cl2F3N3O3. The van der Waals surface area contributed by atoms with Crippen LogP contribution in [0.2, 0.25) is 10.0 Å². The summed E-state index contributed by atoms with van der Waals surface area (Å²) in [5.41, 5.74) is 2.20. The second-order valence-corrected chi connectivity index (χ2v) is 11.3. The second-order valence-electron chi connectivity index (χ2n) is 10.4. The maximum Gasteiger partial charge on any atom is 0.416 e. The zero-order valence-electron chi connectivity index (χ0n) is 23.7. The van der Waals surface area contributed by atoms with Crippen LogP contribution < -0.4 is 5.32 Å². The van der Waals surface area contributed by atoms with Gasteiger partial charge in [-0.3, -0.25) is 14.3 Å². The van der Waals surface area contributed by atoms with Crippen LogP contribution in [0.4, 0.5) is 13.2 Å². The summed E-state index contributed by atoms with van der Waals surface area (Å²) >= 11 is 12.7. The largest absolute Gasteiger partial charge is 0.481 e. The van der Waals surface area contributed by atoms with Crippen molar-refractivity contribution in [1.29, 1.82) is 0 Å². The van der Waals surface area contributed by atoms with Gasteiger partial charge in [-0.15, -0.1) is 0 Å². The molecule has 0 radical (unpaired) electrons. The third-order valence-corrected chi connectivity index (χ3v) is 7.89. The third kappa shape index (κ3) is 7.51. The number of carbonyl (C=O) groups is 2. The molecule has 4 aromatic rings. The minimum atomic E-state index is -4.60. The quantitative estimate of drug-likeness (QED) is 0.163. The molecule has 0 saturated heterocycles. The Morgan fingerprint density at radius 3 is 2.21 bits per heavy atom. The summed E-state index contributed by atoms with van der Waals surface area (Å²) in [6, 6.07) is 16.3. The summed E-state index contributed by atoms with van der Waals surface area (Å²) in [5.74, 6) is -2.04. The zero-order chi connectivity index (χ0) is 31.3. The van der Waals surface area contributed by atoms with Crippen LogP contribution in [0.15, 0.2) is 60.7 Å². The van der Waals surface area contributed by atoms with Crippen LogP contribution in [0.25, 0.3) is 10.9 Å². The summed E-state index contributed by atoms with van der Waals surface area (Å²) in [6.45, 7) is 4.49. The molecule has 2 N–H and O–H groups in total.